The first-order chi connectivity index (χ1) is 7.13. The zero-order chi connectivity index (χ0) is 11.3. The van der Waals surface area contributed by atoms with Crippen molar-refractivity contribution in [1.29, 1.82) is 0 Å². The summed E-state index contributed by atoms with van der Waals surface area (Å²) in [4.78, 5) is 0. The third-order valence-electron chi connectivity index (χ3n) is 2.25. The fraction of sp³-hybridized carbons (Fsp3) is 0.500. The van der Waals surface area contributed by atoms with Crippen LogP contribution in [0, 0.1) is 0 Å². The van der Waals surface area contributed by atoms with Crippen LogP contribution in [0.2, 0.25) is 0 Å². The van der Waals surface area contributed by atoms with Crippen LogP contribution in [-0.4, -0.2) is 24.4 Å². The topological polar surface area (TPSA) is 55.5 Å². The van der Waals surface area contributed by atoms with Crippen molar-refractivity contribution in [3.05, 3.63) is 29.8 Å². The summed E-state index contributed by atoms with van der Waals surface area (Å²) < 4.78 is 5.41. The molecular weight excluding hydrogens is 190 g/mol. The number of aliphatic hydroxyl groups is 1. The van der Waals surface area contributed by atoms with Crippen molar-refractivity contribution in [1.82, 2.24) is 0 Å². The maximum Gasteiger partial charge on any atom is 0.119 e. The van der Waals surface area contributed by atoms with Gasteiger partial charge in [0.1, 0.15) is 12.4 Å². The van der Waals surface area contributed by atoms with Crippen LogP contribution in [0.5, 0.6) is 5.75 Å². The van der Waals surface area contributed by atoms with Gasteiger partial charge >= 0.3 is 0 Å². The number of hydrogen-bond acceptors (Lipinski definition) is 3. The van der Waals surface area contributed by atoms with Gasteiger partial charge < -0.3 is 15.6 Å². The Labute approximate surface area is 90.9 Å². The van der Waals surface area contributed by atoms with E-state index in [1.54, 1.807) is 0 Å². The second kappa shape index (κ2) is 5.73. The molecule has 0 bridgehead atoms. The minimum absolute atomic E-state index is 0.0515. The van der Waals surface area contributed by atoms with Crippen molar-refractivity contribution in [2.45, 2.75) is 25.8 Å². The standard InChI is InChI=1S/C12H19NO2/c1-9(2)10-3-5-12(6-4-10)15-8-11(13)7-14/h3-6,9,11,14H,7-8,13H2,1-2H3. The number of nitrogens with two attached hydrogens (primary N) is 1. The van der Waals surface area contributed by atoms with Crippen molar-refractivity contribution in [3.63, 3.8) is 0 Å². The summed E-state index contributed by atoms with van der Waals surface area (Å²) in [5.41, 5.74) is 6.81. The van der Waals surface area contributed by atoms with Gasteiger partial charge in [0.15, 0.2) is 0 Å². The average Bonchev–Trinajstić information content (AvgIpc) is 2.26. The van der Waals surface area contributed by atoms with Gasteiger partial charge in [-0.25, -0.2) is 0 Å². The molecule has 0 aliphatic heterocycles. The first-order valence-corrected chi connectivity index (χ1v) is 5.22. The van der Waals surface area contributed by atoms with Crippen LogP contribution in [0.1, 0.15) is 25.3 Å². The number of hydrogen-bond donors (Lipinski definition) is 2. The number of benzene rings is 1. The molecule has 0 radical (unpaired) electrons. The van der Waals surface area contributed by atoms with Crippen LogP contribution in [0.25, 0.3) is 0 Å². The van der Waals surface area contributed by atoms with Gasteiger partial charge in [-0.05, 0) is 23.6 Å². The minimum Gasteiger partial charge on any atom is -0.492 e. The van der Waals surface area contributed by atoms with E-state index in [9.17, 15) is 0 Å². The molecule has 0 saturated heterocycles. The van der Waals surface area contributed by atoms with Gasteiger partial charge in [-0.1, -0.05) is 26.0 Å². The third kappa shape index (κ3) is 3.90. The predicted octanol–water partition coefficient (Wildman–Crippen LogP) is 1.51. The second-order valence-corrected chi connectivity index (χ2v) is 3.98. The molecule has 84 valence electrons. The monoisotopic (exact) mass is 209 g/mol. The molecule has 0 amide bonds. The van der Waals surface area contributed by atoms with Crippen molar-refractivity contribution in [2.75, 3.05) is 13.2 Å². The highest BCUT2D eigenvalue weighted by atomic mass is 16.5. The largest absolute Gasteiger partial charge is 0.492 e. The Kier molecular flexibility index (Phi) is 4.59. The Bertz CT molecular complexity index is 282. The van der Waals surface area contributed by atoms with Crippen molar-refractivity contribution in [3.8, 4) is 5.75 Å². The molecule has 1 aromatic rings. The summed E-state index contributed by atoms with van der Waals surface area (Å²) in [5.74, 6) is 1.32. The fourth-order valence-electron chi connectivity index (χ4n) is 1.20. The van der Waals surface area contributed by atoms with E-state index in [0.29, 0.717) is 12.5 Å². The lowest BCUT2D eigenvalue weighted by Crippen LogP contribution is -2.31. The Hall–Kier alpha value is -1.06. The first kappa shape index (κ1) is 12.0. The maximum atomic E-state index is 8.72. The van der Waals surface area contributed by atoms with E-state index >= 15 is 0 Å². The second-order valence-electron chi connectivity index (χ2n) is 3.98. The van der Waals surface area contributed by atoms with Gasteiger partial charge in [-0.3, -0.25) is 0 Å². The molecule has 0 aromatic heterocycles. The van der Waals surface area contributed by atoms with E-state index in [2.05, 4.69) is 13.8 Å². The van der Waals surface area contributed by atoms with Crippen LogP contribution < -0.4 is 10.5 Å². The highest BCUT2D eigenvalue weighted by molar-refractivity contribution is 5.28. The van der Waals surface area contributed by atoms with Gasteiger partial charge in [0.05, 0.1) is 12.6 Å². The van der Waals surface area contributed by atoms with Crippen LogP contribution >= 0.6 is 0 Å². The quantitative estimate of drug-likeness (QED) is 0.772. The van der Waals surface area contributed by atoms with Gasteiger partial charge in [0.2, 0.25) is 0 Å². The highest BCUT2D eigenvalue weighted by Crippen LogP contribution is 2.18. The lowest BCUT2D eigenvalue weighted by molar-refractivity contribution is 0.206. The number of rotatable bonds is 5. The van der Waals surface area contributed by atoms with E-state index in [1.165, 1.54) is 5.56 Å². The lowest BCUT2D eigenvalue weighted by Gasteiger charge is -2.11. The van der Waals surface area contributed by atoms with Crippen molar-refractivity contribution < 1.29 is 9.84 Å². The van der Waals surface area contributed by atoms with Gasteiger partial charge in [-0.2, -0.15) is 0 Å². The summed E-state index contributed by atoms with van der Waals surface area (Å²) in [6.45, 7) is 4.59. The predicted molar refractivity (Wildman–Crippen MR) is 61.1 cm³/mol. The molecule has 0 heterocycles. The molecule has 1 aromatic carbocycles. The molecule has 1 rings (SSSR count). The molecule has 3 N–H and O–H groups in total. The molecule has 3 nitrogen and oxygen atoms in total. The third-order valence-corrected chi connectivity index (χ3v) is 2.25. The van der Waals surface area contributed by atoms with Gasteiger partial charge in [0, 0.05) is 0 Å². The number of ether oxygens (including phenoxy) is 1. The average molecular weight is 209 g/mol. The molecule has 15 heavy (non-hydrogen) atoms. The Morgan fingerprint density at radius 1 is 1.27 bits per heavy atom. The highest BCUT2D eigenvalue weighted by Gasteiger charge is 2.02. The summed E-state index contributed by atoms with van der Waals surface area (Å²) in [6, 6.07) is 7.64. The van der Waals surface area contributed by atoms with Crippen LogP contribution in [0.3, 0.4) is 0 Å². The zero-order valence-electron chi connectivity index (χ0n) is 9.31. The summed E-state index contributed by atoms with van der Waals surface area (Å²) in [5, 5.41) is 8.72. The van der Waals surface area contributed by atoms with Gasteiger partial charge in [-0.15, -0.1) is 0 Å². The van der Waals surface area contributed by atoms with Crippen molar-refractivity contribution in [2.24, 2.45) is 5.73 Å². The zero-order valence-corrected chi connectivity index (χ0v) is 9.31. The van der Waals surface area contributed by atoms with Gasteiger partial charge in [0.25, 0.3) is 0 Å². The Morgan fingerprint density at radius 3 is 2.33 bits per heavy atom. The molecule has 3 heteroatoms. The molecule has 0 fully saturated rings. The maximum absolute atomic E-state index is 8.72. The Balaban J connectivity index is 2.50. The molecule has 0 aliphatic carbocycles. The van der Waals surface area contributed by atoms with E-state index in [0.717, 1.165) is 5.75 Å². The summed E-state index contributed by atoms with van der Waals surface area (Å²) in [6.07, 6.45) is 0. The lowest BCUT2D eigenvalue weighted by atomic mass is 10.0. The molecule has 0 aliphatic rings. The summed E-state index contributed by atoms with van der Waals surface area (Å²) >= 11 is 0. The van der Waals surface area contributed by atoms with E-state index in [4.69, 9.17) is 15.6 Å². The number of aliphatic hydroxyl groups excluding tert-OH is 1. The van der Waals surface area contributed by atoms with Crippen LogP contribution in [0.15, 0.2) is 24.3 Å². The molecular formula is C12H19NO2. The molecule has 1 unspecified atom stereocenters. The molecule has 0 spiro atoms. The minimum atomic E-state index is -0.310. The van der Waals surface area contributed by atoms with Crippen LogP contribution in [0.4, 0.5) is 0 Å². The Morgan fingerprint density at radius 2 is 1.87 bits per heavy atom. The van der Waals surface area contributed by atoms with Crippen molar-refractivity contribution >= 4 is 0 Å². The molecule has 0 saturated carbocycles. The SMILES string of the molecule is CC(C)c1ccc(OCC(N)CO)cc1. The van der Waals surface area contributed by atoms with E-state index in [-0.39, 0.29) is 12.6 Å². The smallest absolute Gasteiger partial charge is 0.119 e. The first-order valence-electron chi connectivity index (χ1n) is 5.22. The molecule has 1 atom stereocenters. The van der Waals surface area contributed by atoms with Crippen LogP contribution in [-0.2, 0) is 0 Å². The van der Waals surface area contributed by atoms with E-state index < -0.39 is 0 Å². The summed E-state index contributed by atoms with van der Waals surface area (Å²) in [7, 11) is 0. The van der Waals surface area contributed by atoms with E-state index in [1.807, 2.05) is 24.3 Å². The normalized spacial score (nSPS) is 12.9. The fourth-order valence-corrected chi connectivity index (χ4v) is 1.20.